The van der Waals surface area contributed by atoms with Crippen molar-refractivity contribution >= 4 is 0 Å². The highest BCUT2D eigenvalue weighted by Crippen LogP contribution is 2.08. The van der Waals surface area contributed by atoms with Crippen LogP contribution >= 0.6 is 0 Å². The first-order valence-corrected chi connectivity index (χ1v) is 7.21. The maximum absolute atomic E-state index is 5.74. The smallest absolute Gasteiger partial charge is 0.0891 e. The number of hydrogen-bond acceptors (Lipinski definition) is 3. The van der Waals surface area contributed by atoms with E-state index in [-0.39, 0.29) is 5.54 Å². The molecule has 0 saturated carbocycles. The first-order chi connectivity index (χ1) is 8.90. The molecule has 1 heterocycles. The molecule has 1 rings (SSSR count). The Morgan fingerprint density at radius 3 is 2.58 bits per heavy atom. The number of aromatic nitrogens is 1. The molecule has 1 aromatic heterocycles. The van der Waals surface area contributed by atoms with Crippen LogP contribution in [-0.4, -0.2) is 16.6 Å². The molecule has 0 saturated heterocycles. The molecule has 3 heteroatoms. The van der Waals surface area contributed by atoms with Gasteiger partial charge in [-0.15, -0.1) is 0 Å². The molecule has 1 unspecified atom stereocenters. The van der Waals surface area contributed by atoms with Crippen LogP contribution in [0.25, 0.3) is 0 Å². The fraction of sp³-hybridized carbons (Fsp3) is 0.688. The highest BCUT2D eigenvalue weighted by molar-refractivity contribution is 5.13. The fourth-order valence-corrected chi connectivity index (χ4v) is 1.73. The first kappa shape index (κ1) is 16.1. The number of ether oxygens (including phenoxy) is 1. The average Bonchev–Trinajstić information content (AvgIpc) is 2.34. The average molecular weight is 264 g/mol. The maximum Gasteiger partial charge on any atom is 0.0891 e. The molecule has 0 aliphatic carbocycles. The predicted octanol–water partition coefficient (Wildman–Crippen LogP) is 3.67. The molecule has 3 nitrogen and oxygen atoms in total. The highest BCUT2D eigenvalue weighted by Gasteiger charge is 2.08. The zero-order valence-electron chi connectivity index (χ0n) is 13.0. The number of pyridine rings is 1. The summed E-state index contributed by atoms with van der Waals surface area (Å²) in [7, 11) is 0. The Hall–Kier alpha value is -0.930. The third-order valence-corrected chi connectivity index (χ3v) is 2.92. The summed E-state index contributed by atoms with van der Waals surface area (Å²) >= 11 is 0. The number of nitrogens with zero attached hydrogens (tertiary/aromatic N) is 1. The summed E-state index contributed by atoms with van der Waals surface area (Å²) in [6.07, 6.45) is 4.51. The van der Waals surface area contributed by atoms with E-state index in [4.69, 9.17) is 4.74 Å². The Bertz CT molecular complexity index is 354. The zero-order chi connectivity index (χ0) is 14.3. The van der Waals surface area contributed by atoms with E-state index in [1.165, 1.54) is 5.56 Å². The molecule has 1 atom stereocenters. The van der Waals surface area contributed by atoms with Crippen molar-refractivity contribution < 1.29 is 4.74 Å². The third kappa shape index (κ3) is 7.28. The van der Waals surface area contributed by atoms with E-state index in [0.717, 1.165) is 25.1 Å². The van der Waals surface area contributed by atoms with Gasteiger partial charge in [0.1, 0.15) is 0 Å². The van der Waals surface area contributed by atoms with Gasteiger partial charge < -0.3 is 10.1 Å². The van der Waals surface area contributed by atoms with Crippen molar-refractivity contribution in [1.29, 1.82) is 0 Å². The molecular formula is C16H28N2O. The van der Waals surface area contributed by atoms with Gasteiger partial charge in [0, 0.05) is 18.3 Å². The van der Waals surface area contributed by atoms with Crippen molar-refractivity contribution in [3.05, 3.63) is 29.6 Å². The van der Waals surface area contributed by atoms with Crippen LogP contribution in [0.4, 0.5) is 0 Å². The fourth-order valence-electron chi connectivity index (χ4n) is 1.73. The molecule has 0 aromatic carbocycles. The summed E-state index contributed by atoms with van der Waals surface area (Å²) in [5.74, 6) is 0. The molecule has 1 aromatic rings. The lowest BCUT2D eigenvalue weighted by atomic mass is 10.1. The van der Waals surface area contributed by atoms with E-state index in [9.17, 15) is 0 Å². The van der Waals surface area contributed by atoms with Gasteiger partial charge in [0.05, 0.1) is 18.4 Å². The predicted molar refractivity (Wildman–Crippen MR) is 80.0 cm³/mol. The Morgan fingerprint density at radius 1 is 1.32 bits per heavy atom. The monoisotopic (exact) mass is 264 g/mol. The summed E-state index contributed by atoms with van der Waals surface area (Å²) in [5.41, 5.74) is 2.35. The van der Waals surface area contributed by atoms with Crippen LogP contribution in [0.5, 0.6) is 0 Å². The van der Waals surface area contributed by atoms with Crippen molar-refractivity contribution in [2.45, 2.75) is 72.3 Å². The van der Waals surface area contributed by atoms with E-state index in [0.29, 0.717) is 12.7 Å². The van der Waals surface area contributed by atoms with Crippen LogP contribution in [0, 0.1) is 0 Å². The van der Waals surface area contributed by atoms with Gasteiger partial charge in [-0.2, -0.15) is 0 Å². The van der Waals surface area contributed by atoms with E-state index >= 15 is 0 Å². The first-order valence-electron chi connectivity index (χ1n) is 7.21. The lowest BCUT2D eigenvalue weighted by molar-refractivity contribution is 0.0452. The van der Waals surface area contributed by atoms with Gasteiger partial charge in [0.2, 0.25) is 0 Å². The maximum atomic E-state index is 5.74. The van der Waals surface area contributed by atoms with Crippen molar-refractivity contribution in [3.8, 4) is 0 Å². The van der Waals surface area contributed by atoms with E-state index in [1.54, 1.807) is 0 Å². The van der Waals surface area contributed by atoms with Crippen molar-refractivity contribution in [2.75, 3.05) is 0 Å². The van der Waals surface area contributed by atoms with Crippen LogP contribution in [0.15, 0.2) is 18.3 Å². The molecule has 108 valence electrons. The lowest BCUT2D eigenvalue weighted by Crippen LogP contribution is -2.35. The van der Waals surface area contributed by atoms with Crippen LogP contribution in [0.3, 0.4) is 0 Å². The topological polar surface area (TPSA) is 34.1 Å². The standard InChI is InChI=1S/C16H28N2O/c1-6-7-13(2)19-12-15-9-8-14(10-17-15)11-18-16(3,4)5/h8-10,13,18H,6-7,11-12H2,1-5H3. The summed E-state index contributed by atoms with van der Waals surface area (Å²) in [6, 6.07) is 4.17. The minimum Gasteiger partial charge on any atom is -0.372 e. The second kappa shape index (κ2) is 7.61. The molecule has 0 radical (unpaired) electrons. The number of hydrogen-bond donors (Lipinski definition) is 1. The summed E-state index contributed by atoms with van der Waals surface area (Å²) in [5, 5.41) is 3.45. The summed E-state index contributed by atoms with van der Waals surface area (Å²) in [4.78, 5) is 4.45. The second-order valence-electron chi connectivity index (χ2n) is 6.17. The molecule has 0 aliphatic heterocycles. The molecule has 0 aliphatic rings. The minimum absolute atomic E-state index is 0.136. The number of nitrogens with one attached hydrogen (secondary N) is 1. The molecule has 0 bridgehead atoms. The quantitative estimate of drug-likeness (QED) is 0.816. The van der Waals surface area contributed by atoms with Gasteiger partial charge in [0.25, 0.3) is 0 Å². The Morgan fingerprint density at radius 2 is 2.05 bits per heavy atom. The van der Waals surface area contributed by atoms with Gasteiger partial charge in [-0.1, -0.05) is 19.4 Å². The van der Waals surface area contributed by atoms with Crippen LogP contribution in [-0.2, 0) is 17.9 Å². The van der Waals surface area contributed by atoms with Gasteiger partial charge in [-0.05, 0) is 45.7 Å². The third-order valence-electron chi connectivity index (χ3n) is 2.92. The summed E-state index contributed by atoms with van der Waals surface area (Å²) < 4.78 is 5.74. The van der Waals surface area contributed by atoms with Crippen LogP contribution in [0.2, 0.25) is 0 Å². The Balaban J connectivity index is 2.39. The van der Waals surface area contributed by atoms with E-state index in [2.05, 4.69) is 57.1 Å². The van der Waals surface area contributed by atoms with Crippen LogP contribution in [0.1, 0.15) is 58.7 Å². The second-order valence-corrected chi connectivity index (χ2v) is 6.17. The molecule has 19 heavy (non-hydrogen) atoms. The van der Waals surface area contributed by atoms with Crippen molar-refractivity contribution in [3.63, 3.8) is 0 Å². The largest absolute Gasteiger partial charge is 0.372 e. The van der Waals surface area contributed by atoms with Crippen molar-refractivity contribution in [1.82, 2.24) is 10.3 Å². The van der Waals surface area contributed by atoms with Gasteiger partial charge in [-0.3, -0.25) is 4.98 Å². The van der Waals surface area contributed by atoms with Gasteiger partial charge in [0.15, 0.2) is 0 Å². The molecule has 0 fully saturated rings. The zero-order valence-corrected chi connectivity index (χ0v) is 13.0. The molecule has 0 spiro atoms. The van der Waals surface area contributed by atoms with E-state index < -0.39 is 0 Å². The molecule has 0 amide bonds. The SMILES string of the molecule is CCCC(C)OCc1ccc(CNC(C)(C)C)cn1. The number of rotatable bonds is 7. The van der Waals surface area contributed by atoms with E-state index in [1.807, 2.05) is 6.20 Å². The Kier molecular flexibility index (Phi) is 6.46. The molecule has 1 N–H and O–H groups in total. The van der Waals surface area contributed by atoms with Crippen molar-refractivity contribution in [2.24, 2.45) is 0 Å². The molecular weight excluding hydrogens is 236 g/mol. The lowest BCUT2D eigenvalue weighted by Gasteiger charge is -2.20. The van der Waals surface area contributed by atoms with Gasteiger partial charge in [-0.25, -0.2) is 0 Å². The minimum atomic E-state index is 0.136. The Labute approximate surface area is 117 Å². The van der Waals surface area contributed by atoms with Crippen LogP contribution < -0.4 is 5.32 Å². The normalized spacial score (nSPS) is 13.5. The van der Waals surface area contributed by atoms with Gasteiger partial charge >= 0.3 is 0 Å². The summed E-state index contributed by atoms with van der Waals surface area (Å²) in [6.45, 7) is 12.2. The highest BCUT2D eigenvalue weighted by atomic mass is 16.5.